The van der Waals surface area contributed by atoms with Gasteiger partial charge in [-0.2, -0.15) is 4.99 Å². The van der Waals surface area contributed by atoms with Gasteiger partial charge in [-0.05, 0) is 18.6 Å². The maximum atomic E-state index is 13.7. The molecule has 8 nitrogen and oxygen atoms in total. The summed E-state index contributed by atoms with van der Waals surface area (Å²) in [5.74, 6) is -0.592. The first-order valence-electron chi connectivity index (χ1n) is 8.34. The minimum atomic E-state index is -0.536. The maximum absolute atomic E-state index is 13.7. The van der Waals surface area contributed by atoms with Crippen LogP contribution in [0.3, 0.4) is 0 Å². The molecule has 1 aliphatic heterocycles. The minimum Gasteiger partial charge on any atom is -0.484 e. The number of methoxy groups -OCH3 is 1. The molecule has 2 aliphatic rings. The van der Waals surface area contributed by atoms with Gasteiger partial charge in [-0.15, -0.1) is 0 Å². The standard InChI is InChI=1S/C17H21FN4O4/c1-21-14-13(16(24)22(17(21)25)6-3-7-23)19-9-10-4-5-11(18)8-12(10)15(20-14)26-2/h4-5,8,10,12,19,23H,3,6-7,9H2,1-2H3. The molecule has 0 amide bonds. The molecule has 2 atom stereocenters. The number of nitrogens with zero attached hydrogens (tertiary/aromatic N) is 3. The van der Waals surface area contributed by atoms with Gasteiger partial charge in [0.2, 0.25) is 0 Å². The number of hydrogen-bond acceptors (Lipinski definition) is 6. The molecule has 26 heavy (non-hydrogen) atoms. The third-order valence-corrected chi connectivity index (χ3v) is 4.59. The highest BCUT2D eigenvalue weighted by atomic mass is 19.1. The molecule has 0 bridgehead atoms. The van der Waals surface area contributed by atoms with Crippen LogP contribution in [0.1, 0.15) is 6.42 Å². The lowest BCUT2D eigenvalue weighted by Crippen LogP contribution is -2.42. The summed E-state index contributed by atoms with van der Waals surface area (Å²) in [6.45, 7) is 0.337. The summed E-state index contributed by atoms with van der Waals surface area (Å²) < 4.78 is 21.4. The zero-order valence-corrected chi connectivity index (χ0v) is 14.6. The van der Waals surface area contributed by atoms with Gasteiger partial charge in [0.25, 0.3) is 5.56 Å². The van der Waals surface area contributed by atoms with E-state index in [0.717, 1.165) is 4.57 Å². The van der Waals surface area contributed by atoms with Crippen LogP contribution >= 0.6 is 0 Å². The van der Waals surface area contributed by atoms with Crippen molar-refractivity contribution in [2.24, 2.45) is 23.9 Å². The average Bonchev–Trinajstić information content (AvgIpc) is 2.62. The Morgan fingerprint density at radius 1 is 1.46 bits per heavy atom. The molecule has 1 aromatic rings. The van der Waals surface area contributed by atoms with Crippen molar-refractivity contribution in [1.29, 1.82) is 0 Å². The Labute approximate surface area is 148 Å². The van der Waals surface area contributed by atoms with E-state index in [1.165, 1.54) is 30.9 Å². The Kier molecular flexibility index (Phi) is 5.08. The van der Waals surface area contributed by atoms with Crippen molar-refractivity contribution in [3.05, 3.63) is 44.9 Å². The van der Waals surface area contributed by atoms with Gasteiger partial charge >= 0.3 is 5.69 Å². The van der Waals surface area contributed by atoms with Crippen LogP contribution in [-0.2, 0) is 18.3 Å². The third kappa shape index (κ3) is 3.10. The summed E-state index contributed by atoms with van der Waals surface area (Å²) in [6, 6.07) is 0. The van der Waals surface area contributed by atoms with E-state index in [-0.39, 0.29) is 48.7 Å². The van der Waals surface area contributed by atoms with Gasteiger partial charge < -0.3 is 15.2 Å². The van der Waals surface area contributed by atoms with E-state index < -0.39 is 17.2 Å². The average molecular weight is 364 g/mol. The van der Waals surface area contributed by atoms with Crippen LogP contribution in [0.15, 0.2) is 38.6 Å². The van der Waals surface area contributed by atoms with Crippen molar-refractivity contribution in [3.8, 4) is 0 Å². The zero-order valence-electron chi connectivity index (χ0n) is 14.6. The predicted molar refractivity (Wildman–Crippen MR) is 95.6 cm³/mol. The molecule has 1 aliphatic carbocycles. The second-order valence-corrected chi connectivity index (χ2v) is 6.21. The molecule has 0 saturated heterocycles. The molecule has 2 unspecified atom stereocenters. The lowest BCUT2D eigenvalue weighted by molar-refractivity contribution is 0.277. The summed E-state index contributed by atoms with van der Waals surface area (Å²) in [4.78, 5) is 29.7. The molecule has 3 rings (SSSR count). The second kappa shape index (κ2) is 7.28. The molecular formula is C17H21FN4O4. The first-order chi connectivity index (χ1) is 12.5. The molecule has 0 saturated carbocycles. The van der Waals surface area contributed by atoms with Crippen LogP contribution in [0.4, 0.5) is 15.9 Å². The van der Waals surface area contributed by atoms with Gasteiger partial charge in [0.15, 0.2) is 11.7 Å². The number of aliphatic hydroxyl groups excluding tert-OH is 1. The largest absolute Gasteiger partial charge is 0.484 e. The first-order valence-corrected chi connectivity index (χ1v) is 8.34. The van der Waals surface area contributed by atoms with Crippen LogP contribution in [0.25, 0.3) is 0 Å². The number of aliphatic imine (C=N–C) groups is 1. The third-order valence-electron chi connectivity index (χ3n) is 4.59. The highest BCUT2D eigenvalue weighted by Crippen LogP contribution is 2.31. The van der Waals surface area contributed by atoms with Gasteiger partial charge in [-0.3, -0.25) is 13.9 Å². The smallest absolute Gasteiger partial charge is 0.332 e. The summed E-state index contributed by atoms with van der Waals surface area (Å²) in [7, 11) is 2.93. The number of anilines is 1. The fourth-order valence-electron chi connectivity index (χ4n) is 3.18. The van der Waals surface area contributed by atoms with Crippen LogP contribution in [-0.4, -0.2) is 40.4 Å². The van der Waals surface area contributed by atoms with E-state index in [1.54, 1.807) is 6.08 Å². The van der Waals surface area contributed by atoms with E-state index in [1.807, 2.05) is 0 Å². The number of nitrogens with one attached hydrogen (secondary N) is 1. The molecule has 0 fully saturated rings. The number of aliphatic hydroxyl groups is 1. The monoisotopic (exact) mass is 364 g/mol. The van der Waals surface area contributed by atoms with Gasteiger partial charge in [-0.1, -0.05) is 6.08 Å². The Bertz CT molecular complexity index is 913. The Morgan fingerprint density at radius 2 is 2.23 bits per heavy atom. The van der Waals surface area contributed by atoms with Crippen molar-refractivity contribution in [1.82, 2.24) is 9.13 Å². The summed E-state index contributed by atoms with van der Waals surface area (Å²) in [6.07, 6.45) is 4.79. The summed E-state index contributed by atoms with van der Waals surface area (Å²) in [5, 5.41) is 12.1. The van der Waals surface area contributed by atoms with Crippen molar-refractivity contribution in [2.75, 3.05) is 25.6 Å². The molecule has 2 N–H and O–H groups in total. The maximum Gasteiger partial charge on any atom is 0.332 e. The van der Waals surface area contributed by atoms with Gasteiger partial charge in [0, 0.05) is 32.7 Å². The fourth-order valence-corrected chi connectivity index (χ4v) is 3.18. The predicted octanol–water partition coefficient (Wildman–Crippen LogP) is 0.687. The molecule has 9 heteroatoms. The SMILES string of the molecule is COC1=Nc2c(c(=O)n(CCCO)c(=O)n2C)NCC2C=CC(F)=CC12. The fraction of sp³-hybridized carbons (Fsp3) is 0.471. The van der Waals surface area contributed by atoms with Crippen LogP contribution < -0.4 is 16.6 Å². The topological polar surface area (TPSA) is 97.8 Å². The van der Waals surface area contributed by atoms with E-state index in [4.69, 9.17) is 9.84 Å². The quantitative estimate of drug-likeness (QED) is 0.822. The van der Waals surface area contributed by atoms with E-state index in [0.29, 0.717) is 6.54 Å². The van der Waals surface area contributed by atoms with Crippen molar-refractivity contribution in [2.45, 2.75) is 13.0 Å². The number of ether oxygens (including phenoxy) is 1. The highest BCUT2D eigenvalue weighted by molar-refractivity contribution is 5.86. The van der Waals surface area contributed by atoms with Crippen molar-refractivity contribution < 1.29 is 14.2 Å². The number of rotatable bonds is 3. The molecule has 2 heterocycles. The van der Waals surface area contributed by atoms with Crippen LogP contribution in [0.5, 0.6) is 0 Å². The van der Waals surface area contributed by atoms with Crippen LogP contribution in [0, 0.1) is 11.8 Å². The number of hydrogen-bond donors (Lipinski definition) is 2. The zero-order chi connectivity index (χ0) is 18.8. The van der Waals surface area contributed by atoms with Gasteiger partial charge in [-0.25, -0.2) is 9.18 Å². The van der Waals surface area contributed by atoms with Gasteiger partial charge in [0.05, 0.1) is 13.0 Å². The van der Waals surface area contributed by atoms with E-state index >= 15 is 0 Å². The van der Waals surface area contributed by atoms with E-state index in [2.05, 4.69) is 10.3 Å². The summed E-state index contributed by atoms with van der Waals surface area (Å²) >= 11 is 0. The first kappa shape index (κ1) is 18.1. The Hall–Kier alpha value is -2.68. The summed E-state index contributed by atoms with van der Waals surface area (Å²) in [5.41, 5.74) is -0.859. The molecule has 1 aromatic heterocycles. The lowest BCUT2D eigenvalue weighted by Gasteiger charge is -2.28. The van der Waals surface area contributed by atoms with Gasteiger partial charge in [0.1, 0.15) is 11.5 Å². The van der Waals surface area contributed by atoms with E-state index in [9.17, 15) is 14.0 Å². The number of halogens is 1. The van der Waals surface area contributed by atoms with Crippen LogP contribution in [0.2, 0.25) is 0 Å². The Balaban J connectivity index is 2.19. The number of fused-ring (bicyclic) bond motifs is 2. The molecule has 0 radical (unpaired) electrons. The molecule has 140 valence electrons. The highest BCUT2D eigenvalue weighted by Gasteiger charge is 2.31. The van der Waals surface area contributed by atoms with Crippen molar-refractivity contribution in [3.63, 3.8) is 0 Å². The molecule has 0 spiro atoms. The number of aromatic nitrogens is 2. The van der Waals surface area contributed by atoms with Crippen molar-refractivity contribution >= 4 is 17.4 Å². The Morgan fingerprint density at radius 3 is 2.92 bits per heavy atom. The number of allylic oxidation sites excluding steroid dienone is 2. The molecular weight excluding hydrogens is 343 g/mol. The lowest BCUT2D eigenvalue weighted by atomic mass is 9.87. The second-order valence-electron chi connectivity index (χ2n) is 6.21. The molecule has 0 aromatic carbocycles. The minimum absolute atomic E-state index is 0.109. The normalized spacial score (nSPS) is 21.5.